The van der Waals surface area contributed by atoms with E-state index in [0.29, 0.717) is 46.1 Å². The van der Waals surface area contributed by atoms with Gasteiger partial charge in [0.15, 0.2) is 22.5 Å². The van der Waals surface area contributed by atoms with E-state index in [1.54, 1.807) is 31.6 Å². The smallest absolute Gasteiger partial charge is 0.226 e. The lowest BCUT2D eigenvalue weighted by Gasteiger charge is -2.00. The molecule has 0 aliphatic carbocycles. The molecule has 2 N–H and O–H groups in total. The summed E-state index contributed by atoms with van der Waals surface area (Å²) in [5, 5.41) is 7.11. The Labute approximate surface area is 158 Å². The fraction of sp³-hybridized carbons (Fsp3) is 0.167. The van der Waals surface area contributed by atoms with Crippen LogP contribution in [0.25, 0.3) is 22.9 Å². The van der Waals surface area contributed by atoms with Gasteiger partial charge < -0.3 is 23.7 Å². The van der Waals surface area contributed by atoms with Crippen LogP contribution in [0.1, 0.15) is 12.2 Å². The Kier molecular flexibility index (Phi) is 4.84. The number of aryl methyl sites for hydroxylation is 1. The molecule has 4 rings (SSSR count). The van der Waals surface area contributed by atoms with Crippen LogP contribution >= 0.6 is 11.8 Å². The number of carbonyl (C=O) groups is 1. The van der Waals surface area contributed by atoms with Crippen molar-refractivity contribution in [3.8, 4) is 22.9 Å². The highest BCUT2D eigenvalue weighted by Crippen LogP contribution is 2.33. The first kappa shape index (κ1) is 17.2. The summed E-state index contributed by atoms with van der Waals surface area (Å²) in [5.41, 5.74) is 1.40. The fourth-order valence-electron chi connectivity index (χ4n) is 2.48. The van der Waals surface area contributed by atoms with E-state index in [0.717, 1.165) is 5.69 Å². The van der Waals surface area contributed by atoms with Gasteiger partial charge in [0.05, 0.1) is 12.5 Å². The molecule has 4 aromatic heterocycles. The Morgan fingerprint density at radius 2 is 2.00 bits per heavy atom. The number of thioether (sulfide) groups is 1. The number of aromatic amines is 1. The number of rotatable bonds is 7. The molecule has 0 saturated heterocycles. The number of aromatic nitrogens is 3. The van der Waals surface area contributed by atoms with Crippen LogP contribution in [0.3, 0.4) is 0 Å². The SMILES string of the molecule is Cc1cc(NC(=O)CCSc2nc(-c3ccco3)c(-c3ccco3)[nH]2)no1. The molecule has 9 heteroatoms. The van der Waals surface area contributed by atoms with E-state index in [1.807, 2.05) is 18.2 Å². The molecule has 8 nitrogen and oxygen atoms in total. The van der Waals surface area contributed by atoms with Crippen LogP contribution in [0, 0.1) is 6.92 Å². The molecule has 0 aliphatic heterocycles. The number of H-pyrrole nitrogens is 1. The molecule has 0 radical (unpaired) electrons. The second kappa shape index (κ2) is 7.58. The van der Waals surface area contributed by atoms with Crippen molar-refractivity contribution in [3.05, 3.63) is 48.6 Å². The van der Waals surface area contributed by atoms with Crippen LogP contribution in [0.15, 0.2) is 61.4 Å². The number of hydrogen-bond acceptors (Lipinski definition) is 7. The Balaban J connectivity index is 1.42. The van der Waals surface area contributed by atoms with E-state index >= 15 is 0 Å². The third kappa shape index (κ3) is 3.98. The Bertz CT molecular complexity index is 966. The zero-order valence-electron chi connectivity index (χ0n) is 14.4. The van der Waals surface area contributed by atoms with Gasteiger partial charge >= 0.3 is 0 Å². The number of amides is 1. The van der Waals surface area contributed by atoms with Gasteiger partial charge in [0.1, 0.15) is 17.1 Å². The normalized spacial score (nSPS) is 11.0. The van der Waals surface area contributed by atoms with Crippen molar-refractivity contribution < 1.29 is 18.2 Å². The van der Waals surface area contributed by atoms with E-state index in [9.17, 15) is 4.79 Å². The number of imidazole rings is 1. The van der Waals surface area contributed by atoms with Crippen molar-refractivity contribution in [2.45, 2.75) is 18.5 Å². The first-order valence-electron chi connectivity index (χ1n) is 8.23. The van der Waals surface area contributed by atoms with Crippen molar-refractivity contribution in [1.82, 2.24) is 15.1 Å². The summed E-state index contributed by atoms with van der Waals surface area (Å²) in [6.45, 7) is 1.77. The molecule has 4 aromatic rings. The maximum Gasteiger partial charge on any atom is 0.226 e. The number of nitrogens with zero attached hydrogens (tertiary/aromatic N) is 2. The van der Waals surface area contributed by atoms with Crippen LogP contribution in [0.2, 0.25) is 0 Å². The minimum Gasteiger partial charge on any atom is -0.463 e. The van der Waals surface area contributed by atoms with Crippen molar-refractivity contribution >= 4 is 23.5 Å². The third-order valence-corrected chi connectivity index (χ3v) is 4.54. The molecule has 0 spiro atoms. The number of hydrogen-bond donors (Lipinski definition) is 2. The average molecular weight is 384 g/mol. The third-order valence-electron chi connectivity index (χ3n) is 3.67. The molecule has 0 aliphatic rings. The highest BCUT2D eigenvalue weighted by molar-refractivity contribution is 7.99. The van der Waals surface area contributed by atoms with Crippen molar-refractivity contribution in [2.75, 3.05) is 11.1 Å². The number of furan rings is 2. The molecule has 4 heterocycles. The van der Waals surface area contributed by atoms with Gasteiger partial charge in [-0.25, -0.2) is 4.98 Å². The molecule has 0 fully saturated rings. The van der Waals surface area contributed by atoms with Crippen LogP contribution in [0.5, 0.6) is 0 Å². The maximum atomic E-state index is 12.0. The predicted octanol–water partition coefficient (Wildman–Crippen LogP) is 4.35. The van der Waals surface area contributed by atoms with Gasteiger partial charge in [-0.3, -0.25) is 4.79 Å². The van der Waals surface area contributed by atoms with Crippen molar-refractivity contribution in [2.24, 2.45) is 0 Å². The first-order valence-corrected chi connectivity index (χ1v) is 9.21. The Morgan fingerprint density at radius 3 is 2.67 bits per heavy atom. The van der Waals surface area contributed by atoms with Gasteiger partial charge in [0, 0.05) is 18.2 Å². The number of nitrogens with one attached hydrogen (secondary N) is 2. The molecule has 0 saturated carbocycles. The molecule has 138 valence electrons. The molecule has 0 unspecified atom stereocenters. The van der Waals surface area contributed by atoms with E-state index in [1.165, 1.54) is 11.8 Å². The zero-order chi connectivity index (χ0) is 18.6. The number of anilines is 1. The number of carbonyl (C=O) groups excluding carboxylic acids is 1. The highest BCUT2D eigenvalue weighted by Gasteiger charge is 2.18. The minimum atomic E-state index is -0.139. The van der Waals surface area contributed by atoms with Gasteiger partial charge in [-0.2, -0.15) is 0 Å². The lowest BCUT2D eigenvalue weighted by Crippen LogP contribution is -2.12. The zero-order valence-corrected chi connectivity index (χ0v) is 15.2. The molecule has 0 atom stereocenters. The molecule has 0 aromatic carbocycles. The van der Waals surface area contributed by atoms with Crippen LogP contribution in [0.4, 0.5) is 5.82 Å². The van der Waals surface area contributed by atoms with Crippen molar-refractivity contribution in [3.63, 3.8) is 0 Å². The molecule has 27 heavy (non-hydrogen) atoms. The summed E-state index contributed by atoms with van der Waals surface area (Å²) in [6.07, 6.45) is 3.51. The summed E-state index contributed by atoms with van der Waals surface area (Å²) in [4.78, 5) is 19.8. The van der Waals surface area contributed by atoms with Crippen LogP contribution in [-0.2, 0) is 4.79 Å². The summed E-state index contributed by atoms with van der Waals surface area (Å²) in [5.74, 6) is 2.78. The topological polar surface area (TPSA) is 110 Å². The largest absolute Gasteiger partial charge is 0.463 e. The molecule has 1 amide bonds. The lowest BCUT2D eigenvalue weighted by atomic mass is 10.2. The second-order valence-electron chi connectivity index (χ2n) is 5.69. The maximum absolute atomic E-state index is 12.0. The van der Waals surface area contributed by atoms with Crippen molar-refractivity contribution in [1.29, 1.82) is 0 Å². The first-order chi connectivity index (χ1) is 13.2. The van der Waals surface area contributed by atoms with E-state index in [2.05, 4.69) is 20.4 Å². The highest BCUT2D eigenvalue weighted by atomic mass is 32.2. The molecule has 0 bridgehead atoms. The summed E-state index contributed by atoms with van der Waals surface area (Å²) >= 11 is 1.44. The summed E-state index contributed by atoms with van der Waals surface area (Å²) in [6, 6.07) is 8.97. The monoisotopic (exact) mass is 384 g/mol. The standard InChI is InChI=1S/C18H16N4O4S/c1-11-10-14(22-26-11)19-15(23)6-9-27-18-20-16(12-4-2-7-24-12)17(21-18)13-5-3-8-25-13/h2-5,7-8,10H,6,9H2,1H3,(H,20,21)(H,19,22,23). The van der Waals surface area contributed by atoms with Crippen LogP contribution < -0.4 is 5.32 Å². The lowest BCUT2D eigenvalue weighted by molar-refractivity contribution is -0.115. The predicted molar refractivity (Wildman–Crippen MR) is 99.2 cm³/mol. The van der Waals surface area contributed by atoms with Gasteiger partial charge in [0.25, 0.3) is 0 Å². The molecular formula is C18H16N4O4S. The van der Waals surface area contributed by atoms with Crippen LogP contribution in [-0.4, -0.2) is 26.8 Å². The molecular weight excluding hydrogens is 368 g/mol. The Morgan fingerprint density at radius 1 is 1.22 bits per heavy atom. The summed E-state index contributed by atoms with van der Waals surface area (Å²) < 4.78 is 15.9. The van der Waals surface area contributed by atoms with Gasteiger partial charge in [-0.05, 0) is 31.2 Å². The van der Waals surface area contributed by atoms with E-state index < -0.39 is 0 Å². The van der Waals surface area contributed by atoms with E-state index in [4.69, 9.17) is 13.4 Å². The van der Waals surface area contributed by atoms with Gasteiger partial charge in [-0.1, -0.05) is 16.9 Å². The van der Waals surface area contributed by atoms with E-state index in [-0.39, 0.29) is 5.91 Å². The van der Waals surface area contributed by atoms with Gasteiger partial charge in [0.2, 0.25) is 5.91 Å². The Hall–Kier alpha value is -3.20. The quantitative estimate of drug-likeness (QED) is 0.456. The summed E-state index contributed by atoms with van der Waals surface area (Å²) in [7, 11) is 0. The minimum absolute atomic E-state index is 0.139. The van der Waals surface area contributed by atoms with Gasteiger partial charge in [-0.15, -0.1) is 0 Å². The fourth-order valence-corrected chi connectivity index (χ4v) is 3.29. The second-order valence-corrected chi connectivity index (χ2v) is 6.77. The average Bonchev–Trinajstić information content (AvgIpc) is 3.42.